The Labute approximate surface area is 153 Å². The molecule has 6 heteroatoms. The monoisotopic (exact) mass is 362 g/mol. The number of ether oxygens (including phenoxy) is 2. The first kappa shape index (κ1) is 14.3. The highest BCUT2D eigenvalue weighted by Crippen LogP contribution is 2.64. The highest BCUT2D eigenvalue weighted by Gasteiger charge is 2.63. The van der Waals surface area contributed by atoms with Crippen LogP contribution < -0.4 is 0 Å². The highest BCUT2D eigenvalue weighted by atomic mass is 16.6. The third-order valence-corrected chi connectivity index (χ3v) is 7.75. The third-order valence-electron chi connectivity index (χ3n) is 7.75. The van der Waals surface area contributed by atoms with E-state index < -0.39 is 35.7 Å². The second kappa shape index (κ2) is 4.21. The van der Waals surface area contributed by atoms with Gasteiger partial charge in [0, 0.05) is 11.8 Å². The van der Waals surface area contributed by atoms with Gasteiger partial charge in [-0.1, -0.05) is 24.3 Å². The Morgan fingerprint density at radius 2 is 1.00 bits per heavy atom. The third kappa shape index (κ3) is 1.41. The molecule has 0 spiro atoms. The number of fused-ring (bicyclic) bond motifs is 8. The minimum atomic E-state index is -0.442. The summed E-state index contributed by atoms with van der Waals surface area (Å²) in [6.45, 7) is 0. The van der Waals surface area contributed by atoms with E-state index in [0.717, 1.165) is 28.7 Å². The van der Waals surface area contributed by atoms with E-state index in [1.54, 1.807) is 0 Å². The summed E-state index contributed by atoms with van der Waals surface area (Å²) >= 11 is 0. The molecule has 0 amide bonds. The Hall–Kier alpha value is -2.76. The van der Waals surface area contributed by atoms with Gasteiger partial charge in [-0.3, -0.25) is 19.2 Å². The molecule has 0 N–H and O–H groups in total. The lowest BCUT2D eigenvalue weighted by Gasteiger charge is -2.40. The summed E-state index contributed by atoms with van der Waals surface area (Å²) < 4.78 is 9.85. The molecule has 6 nitrogen and oxygen atoms in total. The van der Waals surface area contributed by atoms with Crippen LogP contribution in [0, 0.1) is 23.7 Å². The van der Waals surface area contributed by atoms with E-state index >= 15 is 0 Å². The molecule has 8 atom stereocenters. The van der Waals surface area contributed by atoms with Gasteiger partial charge in [-0.25, -0.2) is 0 Å². The van der Waals surface area contributed by atoms with Gasteiger partial charge in [-0.15, -0.1) is 0 Å². The van der Waals surface area contributed by atoms with Crippen LogP contribution in [0.4, 0.5) is 0 Å². The van der Waals surface area contributed by atoms with E-state index in [1.165, 1.54) is 0 Å². The average Bonchev–Trinajstić information content (AvgIpc) is 3.37. The smallest absolute Gasteiger partial charge is 0.318 e. The van der Waals surface area contributed by atoms with E-state index in [4.69, 9.17) is 9.47 Å². The number of hydrogen-bond acceptors (Lipinski definition) is 6. The van der Waals surface area contributed by atoms with Crippen molar-refractivity contribution in [1.82, 2.24) is 0 Å². The second-order valence-corrected chi connectivity index (χ2v) is 8.58. The van der Waals surface area contributed by atoms with Crippen molar-refractivity contribution >= 4 is 23.9 Å². The van der Waals surface area contributed by atoms with Crippen LogP contribution in [-0.2, 0) is 28.7 Å². The zero-order chi connectivity index (χ0) is 18.2. The summed E-state index contributed by atoms with van der Waals surface area (Å²) in [5, 5.41) is 0. The Morgan fingerprint density at radius 3 is 1.44 bits per heavy atom. The Kier molecular flexibility index (Phi) is 2.23. The van der Waals surface area contributed by atoms with Crippen molar-refractivity contribution in [3.8, 4) is 0 Å². The fourth-order valence-corrected chi connectivity index (χ4v) is 6.79. The van der Waals surface area contributed by atoms with Gasteiger partial charge in [0.05, 0.1) is 23.7 Å². The molecule has 5 aliphatic carbocycles. The van der Waals surface area contributed by atoms with Crippen molar-refractivity contribution < 1.29 is 28.7 Å². The topological polar surface area (TPSA) is 86.7 Å². The van der Waals surface area contributed by atoms with Gasteiger partial charge >= 0.3 is 23.9 Å². The predicted octanol–water partition coefficient (Wildman–Crippen LogP) is 1.65. The molecule has 2 heterocycles. The number of rotatable bonds is 0. The zero-order valence-electron chi connectivity index (χ0n) is 14.1. The number of carbonyl (C=O) groups is 4. The number of allylic oxidation sites excluding steroid dienone is 2. The van der Waals surface area contributed by atoms with Gasteiger partial charge in [0.1, 0.15) is 0 Å². The molecule has 7 aliphatic rings. The van der Waals surface area contributed by atoms with Crippen LogP contribution in [0.25, 0.3) is 0 Å². The molecular formula is C21H14O6. The van der Waals surface area contributed by atoms with Crippen molar-refractivity contribution in [2.75, 3.05) is 0 Å². The maximum Gasteiger partial charge on any atom is 0.318 e. The predicted molar refractivity (Wildman–Crippen MR) is 87.3 cm³/mol. The van der Waals surface area contributed by atoms with Crippen LogP contribution in [0.2, 0.25) is 0 Å². The molecule has 1 saturated carbocycles. The lowest BCUT2D eigenvalue weighted by atomic mass is 9.59. The van der Waals surface area contributed by atoms with Gasteiger partial charge in [0.2, 0.25) is 0 Å². The molecule has 8 unspecified atom stereocenters. The summed E-state index contributed by atoms with van der Waals surface area (Å²) in [7, 11) is 0. The number of cyclic esters (lactones) is 4. The number of hydrogen-bond donors (Lipinski definition) is 0. The molecule has 4 bridgehead atoms. The summed E-state index contributed by atoms with van der Waals surface area (Å²) in [6, 6.07) is 4.24. The molecule has 0 aromatic heterocycles. The SMILES string of the molecule is O=C1OC(=O)C2C3C=CC(c4cc5c(cc43)C3CC5C4C(=O)OC(=O)C34)C12. The van der Waals surface area contributed by atoms with Crippen LogP contribution in [0.15, 0.2) is 24.3 Å². The first-order valence-corrected chi connectivity index (χ1v) is 9.41. The molecule has 1 aromatic carbocycles. The number of benzene rings is 1. The highest BCUT2D eigenvalue weighted by molar-refractivity contribution is 6.00. The van der Waals surface area contributed by atoms with E-state index in [-0.39, 0.29) is 35.5 Å². The first-order valence-electron chi connectivity index (χ1n) is 9.41. The minimum absolute atomic E-state index is 0.0108. The normalized spacial score (nSPS) is 44.1. The lowest BCUT2D eigenvalue weighted by Crippen LogP contribution is -2.37. The van der Waals surface area contributed by atoms with Gasteiger partial charge < -0.3 is 9.47 Å². The molecule has 2 aliphatic heterocycles. The van der Waals surface area contributed by atoms with E-state index in [0.29, 0.717) is 0 Å². The maximum atomic E-state index is 12.2. The van der Waals surface area contributed by atoms with E-state index in [1.807, 2.05) is 12.2 Å². The fourth-order valence-electron chi connectivity index (χ4n) is 6.79. The van der Waals surface area contributed by atoms with Crippen LogP contribution in [-0.4, -0.2) is 23.9 Å². The molecule has 1 aromatic rings. The van der Waals surface area contributed by atoms with Gasteiger partial charge in [-0.2, -0.15) is 0 Å². The van der Waals surface area contributed by atoms with Gasteiger partial charge in [-0.05, 0) is 40.5 Å². The average molecular weight is 362 g/mol. The summed E-state index contributed by atoms with van der Waals surface area (Å²) in [5.74, 6) is -3.56. The van der Waals surface area contributed by atoms with Crippen LogP contribution in [0.5, 0.6) is 0 Å². The molecule has 134 valence electrons. The first-order chi connectivity index (χ1) is 13.0. The molecule has 8 rings (SSSR count). The number of carbonyl (C=O) groups excluding carboxylic acids is 4. The van der Waals surface area contributed by atoms with Gasteiger partial charge in [0.15, 0.2) is 0 Å². The zero-order valence-corrected chi connectivity index (χ0v) is 14.1. The Balaban J connectivity index is 1.42. The quantitative estimate of drug-likeness (QED) is 0.396. The summed E-state index contributed by atoms with van der Waals surface area (Å²) in [6.07, 6.45) is 4.83. The standard InChI is InChI=1S/C21H14O6/c22-18-14-6-1-2-7(15(14)19(23)26-18)9-4-11-10(3-8(6)9)12-5-13(11)17-16(12)20(24)27-21(17)25/h1-4,6-7,12-17H,5H2. The summed E-state index contributed by atoms with van der Waals surface area (Å²) in [4.78, 5) is 48.8. The lowest BCUT2D eigenvalue weighted by molar-refractivity contribution is -0.156. The number of esters is 4. The molecule has 3 fully saturated rings. The minimum Gasteiger partial charge on any atom is -0.393 e. The van der Waals surface area contributed by atoms with Crippen molar-refractivity contribution in [2.45, 2.75) is 30.1 Å². The molecule has 0 radical (unpaired) electrons. The van der Waals surface area contributed by atoms with Crippen molar-refractivity contribution in [2.24, 2.45) is 23.7 Å². The fraction of sp³-hybridized carbons (Fsp3) is 0.429. The van der Waals surface area contributed by atoms with Crippen molar-refractivity contribution in [3.05, 3.63) is 46.5 Å². The summed E-state index contributed by atoms with van der Waals surface area (Å²) in [5.41, 5.74) is 4.36. The molecule has 2 saturated heterocycles. The van der Waals surface area contributed by atoms with E-state index in [2.05, 4.69) is 12.1 Å². The van der Waals surface area contributed by atoms with Crippen LogP contribution >= 0.6 is 0 Å². The maximum absolute atomic E-state index is 12.2. The van der Waals surface area contributed by atoms with Crippen LogP contribution in [0.1, 0.15) is 52.3 Å². The molecular weight excluding hydrogens is 348 g/mol. The Morgan fingerprint density at radius 1 is 0.593 bits per heavy atom. The van der Waals surface area contributed by atoms with Crippen molar-refractivity contribution in [3.63, 3.8) is 0 Å². The molecule has 27 heavy (non-hydrogen) atoms. The second-order valence-electron chi connectivity index (χ2n) is 8.58. The largest absolute Gasteiger partial charge is 0.393 e. The Bertz CT molecular complexity index is 972. The van der Waals surface area contributed by atoms with Crippen molar-refractivity contribution in [1.29, 1.82) is 0 Å². The van der Waals surface area contributed by atoms with Crippen LogP contribution in [0.3, 0.4) is 0 Å². The van der Waals surface area contributed by atoms with E-state index in [9.17, 15) is 19.2 Å². The van der Waals surface area contributed by atoms with Gasteiger partial charge in [0.25, 0.3) is 0 Å².